The molecule has 0 aliphatic rings. The van der Waals surface area contributed by atoms with Crippen LogP contribution in [0.25, 0.3) is 16.9 Å². The summed E-state index contributed by atoms with van der Waals surface area (Å²) in [5, 5.41) is 16.3. The number of hydrogen-bond acceptors (Lipinski definition) is 4. The molecule has 3 rings (SSSR count). The molecule has 0 bridgehead atoms. The Labute approximate surface area is 180 Å². The number of amides is 1. The molecule has 0 saturated heterocycles. The molecular weight excluding hydrogens is 404 g/mol. The van der Waals surface area contributed by atoms with Gasteiger partial charge in [-0.25, -0.2) is 4.68 Å². The minimum Gasteiger partial charge on any atom is -0.337 e. The van der Waals surface area contributed by atoms with Crippen molar-refractivity contribution in [3.63, 3.8) is 0 Å². The predicted octanol–water partition coefficient (Wildman–Crippen LogP) is 5.36. The number of nitro groups is 1. The fourth-order valence-corrected chi connectivity index (χ4v) is 3.52. The number of nitrogens with zero attached hydrogens (tertiary/aromatic N) is 4. The van der Waals surface area contributed by atoms with Gasteiger partial charge in [0.05, 0.1) is 21.3 Å². The molecular formula is C22H23ClN4O3. The van der Waals surface area contributed by atoms with Crippen molar-refractivity contribution in [1.29, 1.82) is 0 Å². The summed E-state index contributed by atoms with van der Waals surface area (Å²) < 4.78 is 1.46. The van der Waals surface area contributed by atoms with E-state index in [0.717, 1.165) is 12.8 Å². The van der Waals surface area contributed by atoms with Gasteiger partial charge in [-0.2, -0.15) is 5.10 Å². The predicted molar refractivity (Wildman–Crippen MR) is 117 cm³/mol. The first-order chi connectivity index (χ1) is 14.5. The number of halogens is 1. The van der Waals surface area contributed by atoms with Crippen molar-refractivity contribution in [2.75, 3.05) is 13.1 Å². The van der Waals surface area contributed by atoms with Crippen LogP contribution < -0.4 is 0 Å². The van der Waals surface area contributed by atoms with Crippen molar-refractivity contribution in [3.8, 4) is 16.9 Å². The monoisotopic (exact) mass is 426 g/mol. The number of carbonyl (C=O) groups is 1. The number of nitro benzene ring substituents is 1. The Kier molecular flexibility index (Phi) is 6.84. The fourth-order valence-electron chi connectivity index (χ4n) is 3.29. The zero-order valence-electron chi connectivity index (χ0n) is 16.9. The molecule has 0 spiro atoms. The molecule has 0 fully saturated rings. The Hall–Kier alpha value is -3.19. The fraction of sp³-hybridized carbons (Fsp3) is 0.273. The number of non-ortho nitro benzene ring substituents is 1. The maximum Gasteiger partial charge on any atom is 0.272 e. The van der Waals surface area contributed by atoms with Gasteiger partial charge >= 0.3 is 0 Å². The third-order valence-electron chi connectivity index (χ3n) is 4.64. The second-order valence-electron chi connectivity index (χ2n) is 6.88. The second-order valence-corrected chi connectivity index (χ2v) is 7.28. The molecule has 30 heavy (non-hydrogen) atoms. The molecule has 0 N–H and O–H groups in total. The van der Waals surface area contributed by atoms with Crippen molar-refractivity contribution in [2.45, 2.75) is 26.7 Å². The summed E-state index contributed by atoms with van der Waals surface area (Å²) in [4.78, 5) is 25.9. The lowest BCUT2D eigenvalue weighted by Gasteiger charge is -2.21. The highest BCUT2D eigenvalue weighted by atomic mass is 35.5. The van der Waals surface area contributed by atoms with E-state index in [1.807, 2.05) is 32.0 Å². The normalized spacial score (nSPS) is 10.8. The smallest absolute Gasteiger partial charge is 0.272 e. The lowest BCUT2D eigenvalue weighted by Crippen LogP contribution is -2.33. The zero-order valence-corrected chi connectivity index (χ0v) is 17.7. The number of rotatable bonds is 8. The third kappa shape index (κ3) is 4.52. The first-order valence-electron chi connectivity index (χ1n) is 9.85. The van der Waals surface area contributed by atoms with E-state index in [9.17, 15) is 14.9 Å². The summed E-state index contributed by atoms with van der Waals surface area (Å²) in [5.74, 6) is -0.170. The Morgan fingerprint density at radius 3 is 2.43 bits per heavy atom. The van der Waals surface area contributed by atoms with Crippen molar-refractivity contribution >= 4 is 23.2 Å². The van der Waals surface area contributed by atoms with Gasteiger partial charge in [-0.15, -0.1) is 0 Å². The molecule has 2 aromatic carbocycles. The molecule has 156 valence electrons. The Morgan fingerprint density at radius 1 is 1.10 bits per heavy atom. The van der Waals surface area contributed by atoms with Crippen LogP contribution in [0.2, 0.25) is 5.02 Å². The van der Waals surface area contributed by atoms with Gasteiger partial charge in [-0.05, 0) is 31.0 Å². The Morgan fingerprint density at radius 2 is 1.80 bits per heavy atom. The summed E-state index contributed by atoms with van der Waals surface area (Å²) in [7, 11) is 0. The largest absolute Gasteiger partial charge is 0.337 e. The zero-order chi connectivity index (χ0) is 21.7. The van der Waals surface area contributed by atoms with Crippen LogP contribution in [0.5, 0.6) is 0 Å². The average Bonchev–Trinajstić information content (AvgIpc) is 3.18. The lowest BCUT2D eigenvalue weighted by molar-refractivity contribution is -0.384. The number of carbonyl (C=O) groups excluding carboxylic acids is 1. The molecule has 7 nitrogen and oxygen atoms in total. The molecule has 0 radical (unpaired) electrons. The standard InChI is InChI=1S/C22H23ClN4O3/c1-3-12-25(13-4-2)22(28)21-15-20(18-10-5-6-11-19(18)23)24-26(21)16-8-7-9-17(14-16)27(29)30/h5-11,14-15H,3-4,12-13H2,1-2H3. The molecule has 3 aromatic rings. The van der Waals surface area contributed by atoms with E-state index in [1.54, 1.807) is 29.2 Å². The SMILES string of the molecule is CCCN(CCC)C(=O)c1cc(-c2ccccc2Cl)nn1-c1cccc([N+](=O)[O-])c1. The molecule has 1 heterocycles. The third-order valence-corrected chi connectivity index (χ3v) is 4.97. The van der Waals surface area contributed by atoms with E-state index in [1.165, 1.54) is 16.8 Å². The van der Waals surface area contributed by atoms with Crippen molar-refractivity contribution in [3.05, 3.63) is 75.4 Å². The molecule has 0 aliphatic heterocycles. The molecule has 8 heteroatoms. The minimum atomic E-state index is -0.468. The van der Waals surface area contributed by atoms with Gasteiger partial charge in [0.25, 0.3) is 11.6 Å². The van der Waals surface area contributed by atoms with Crippen LogP contribution in [0, 0.1) is 10.1 Å². The molecule has 0 unspecified atom stereocenters. The number of aromatic nitrogens is 2. The highest BCUT2D eigenvalue weighted by molar-refractivity contribution is 6.33. The van der Waals surface area contributed by atoms with Crippen molar-refractivity contribution in [1.82, 2.24) is 14.7 Å². The van der Waals surface area contributed by atoms with Crippen LogP contribution >= 0.6 is 11.6 Å². The molecule has 1 amide bonds. The van der Waals surface area contributed by atoms with E-state index in [-0.39, 0.29) is 11.6 Å². The molecule has 1 aromatic heterocycles. The van der Waals surface area contributed by atoms with E-state index in [0.29, 0.717) is 40.8 Å². The van der Waals surface area contributed by atoms with E-state index in [2.05, 4.69) is 5.10 Å². The number of hydrogen-bond donors (Lipinski definition) is 0. The van der Waals surface area contributed by atoms with Gasteiger partial charge in [-0.3, -0.25) is 14.9 Å². The van der Waals surface area contributed by atoms with Crippen LogP contribution in [0.4, 0.5) is 5.69 Å². The maximum atomic E-state index is 13.4. The average molecular weight is 427 g/mol. The van der Waals surface area contributed by atoms with Gasteiger partial charge in [0.1, 0.15) is 5.69 Å². The summed E-state index contributed by atoms with van der Waals surface area (Å²) in [6.07, 6.45) is 1.65. The van der Waals surface area contributed by atoms with Crippen molar-refractivity contribution in [2.24, 2.45) is 0 Å². The highest BCUT2D eigenvalue weighted by Gasteiger charge is 2.23. The minimum absolute atomic E-state index is 0.0698. The Balaban J connectivity index is 2.16. The summed E-state index contributed by atoms with van der Waals surface area (Å²) in [5.41, 5.74) is 1.93. The van der Waals surface area contributed by atoms with Gasteiger partial charge in [0.2, 0.25) is 0 Å². The first-order valence-corrected chi connectivity index (χ1v) is 10.2. The molecule has 0 aliphatic carbocycles. The molecule has 0 atom stereocenters. The van der Waals surface area contributed by atoms with Crippen LogP contribution in [0.3, 0.4) is 0 Å². The van der Waals surface area contributed by atoms with Gasteiger partial charge in [-0.1, -0.05) is 49.7 Å². The van der Waals surface area contributed by atoms with Gasteiger partial charge in [0.15, 0.2) is 0 Å². The van der Waals surface area contributed by atoms with Crippen LogP contribution in [-0.4, -0.2) is 38.6 Å². The first kappa shape index (κ1) is 21.5. The topological polar surface area (TPSA) is 81.3 Å². The Bertz CT molecular complexity index is 1060. The number of benzene rings is 2. The second kappa shape index (κ2) is 9.54. The quantitative estimate of drug-likeness (QED) is 0.358. The molecule has 0 saturated carbocycles. The van der Waals surface area contributed by atoms with Crippen molar-refractivity contribution < 1.29 is 9.72 Å². The van der Waals surface area contributed by atoms with Gasteiger partial charge in [0, 0.05) is 30.8 Å². The highest BCUT2D eigenvalue weighted by Crippen LogP contribution is 2.29. The summed E-state index contributed by atoms with van der Waals surface area (Å²) in [6, 6.07) is 15.0. The van der Waals surface area contributed by atoms with E-state index < -0.39 is 4.92 Å². The van der Waals surface area contributed by atoms with Crippen LogP contribution in [0.1, 0.15) is 37.2 Å². The summed E-state index contributed by atoms with van der Waals surface area (Å²) in [6.45, 7) is 5.27. The van der Waals surface area contributed by atoms with Crippen LogP contribution in [-0.2, 0) is 0 Å². The van der Waals surface area contributed by atoms with Gasteiger partial charge < -0.3 is 4.90 Å². The van der Waals surface area contributed by atoms with Crippen LogP contribution in [0.15, 0.2) is 54.6 Å². The van der Waals surface area contributed by atoms with E-state index in [4.69, 9.17) is 11.6 Å². The maximum absolute atomic E-state index is 13.4. The lowest BCUT2D eigenvalue weighted by atomic mass is 10.1. The van der Waals surface area contributed by atoms with E-state index >= 15 is 0 Å². The summed E-state index contributed by atoms with van der Waals surface area (Å²) >= 11 is 6.34.